The Kier molecular flexibility index (Phi) is 9.46. The summed E-state index contributed by atoms with van der Waals surface area (Å²) in [5.41, 5.74) is 7.84. The number of methoxy groups -OCH3 is 1. The number of aromatic nitrogens is 2. The van der Waals surface area contributed by atoms with Crippen LogP contribution in [-0.4, -0.2) is 79.1 Å². The van der Waals surface area contributed by atoms with Crippen molar-refractivity contribution in [3.05, 3.63) is 35.2 Å². The Hall–Kier alpha value is -2.67. The van der Waals surface area contributed by atoms with E-state index in [0.717, 1.165) is 50.5 Å². The molecule has 1 unspecified atom stereocenters. The molecule has 0 radical (unpaired) electrons. The van der Waals surface area contributed by atoms with Gasteiger partial charge in [0.05, 0.1) is 19.4 Å². The minimum Gasteiger partial charge on any atom is -0.453 e. The van der Waals surface area contributed by atoms with E-state index in [1.165, 1.54) is 13.4 Å². The van der Waals surface area contributed by atoms with Gasteiger partial charge >= 0.3 is 6.09 Å². The summed E-state index contributed by atoms with van der Waals surface area (Å²) in [6, 6.07) is 6.90. The maximum atomic E-state index is 14.0. The average Bonchev–Trinajstić information content (AvgIpc) is 3.61. The number of H-pyrrole nitrogens is 1. The first-order valence-electron chi connectivity index (χ1n) is 14.7. The highest BCUT2D eigenvalue weighted by atomic mass is 35.5. The molecule has 5 rings (SSSR count). The van der Waals surface area contributed by atoms with E-state index in [2.05, 4.69) is 15.0 Å². The number of likely N-dealkylation sites (tertiary alicyclic amines) is 1. The van der Waals surface area contributed by atoms with Gasteiger partial charge in [-0.15, -0.1) is 0 Å². The first-order valence-corrected chi connectivity index (χ1v) is 17.0. The van der Waals surface area contributed by atoms with Crippen molar-refractivity contribution in [2.24, 2.45) is 29.4 Å². The molecule has 2 aromatic rings. The number of halogens is 1. The van der Waals surface area contributed by atoms with Gasteiger partial charge in [0.25, 0.3) is 0 Å². The van der Waals surface area contributed by atoms with Crippen LogP contribution in [0.1, 0.15) is 56.8 Å². The fourth-order valence-corrected chi connectivity index (χ4v) is 7.99. The molecule has 11 nitrogen and oxygen atoms in total. The zero-order chi connectivity index (χ0) is 30.0. The van der Waals surface area contributed by atoms with Gasteiger partial charge in [-0.2, -0.15) is 0 Å². The molecule has 0 bridgehead atoms. The van der Waals surface area contributed by atoms with Gasteiger partial charge in [0.1, 0.15) is 16.7 Å². The molecule has 1 aromatic heterocycles. The van der Waals surface area contributed by atoms with E-state index >= 15 is 0 Å². The van der Waals surface area contributed by atoms with Crippen LogP contribution in [0.2, 0.25) is 5.15 Å². The molecule has 1 aromatic carbocycles. The summed E-state index contributed by atoms with van der Waals surface area (Å²) >= 11 is 6.67. The summed E-state index contributed by atoms with van der Waals surface area (Å²) in [5.74, 6) is 1.86. The predicted octanol–water partition coefficient (Wildman–Crippen LogP) is 4.23. The van der Waals surface area contributed by atoms with E-state index in [1.54, 1.807) is 16.4 Å². The lowest BCUT2D eigenvalue weighted by Gasteiger charge is -2.34. The van der Waals surface area contributed by atoms with Crippen LogP contribution in [0.25, 0.3) is 11.3 Å². The molecule has 3 heterocycles. The Morgan fingerprint density at radius 1 is 1.10 bits per heavy atom. The second kappa shape index (κ2) is 12.9. The third-order valence-corrected chi connectivity index (χ3v) is 10.9. The molecule has 42 heavy (non-hydrogen) atoms. The minimum absolute atomic E-state index is 0.0270. The Labute approximate surface area is 252 Å². The quantitative estimate of drug-likeness (QED) is 0.419. The number of carbonyl (C=O) groups excluding carboxylic acids is 2. The highest BCUT2D eigenvalue weighted by Gasteiger charge is 2.44. The van der Waals surface area contributed by atoms with E-state index in [-0.39, 0.29) is 23.8 Å². The summed E-state index contributed by atoms with van der Waals surface area (Å²) in [7, 11) is -1.90. The average molecular weight is 621 g/mol. The number of aromatic amines is 1. The largest absolute Gasteiger partial charge is 0.453 e. The number of anilines is 1. The van der Waals surface area contributed by atoms with E-state index in [9.17, 15) is 18.0 Å². The lowest BCUT2D eigenvalue weighted by atomic mass is 9.81. The molecule has 3 aliphatic rings. The van der Waals surface area contributed by atoms with Crippen LogP contribution in [0.4, 0.5) is 10.5 Å². The summed E-state index contributed by atoms with van der Waals surface area (Å²) in [4.78, 5) is 35.7. The second-order valence-corrected chi connectivity index (χ2v) is 14.3. The molecule has 4 N–H and O–H groups in total. The van der Waals surface area contributed by atoms with Crippen LogP contribution in [-0.2, 0) is 19.6 Å². The van der Waals surface area contributed by atoms with Gasteiger partial charge in [-0.05, 0) is 81.4 Å². The van der Waals surface area contributed by atoms with Gasteiger partial charge in [0.15, 0.2) is 0 Å². The number of nitrogens with zero attached hydrogens (tertiary/aromatic N) is 3. The minimum atomic E-state index is -3.21. The molecule has 230 valence electrons. The number of nitrogens with one attached hydrogen (secondary N) is 2. The Bertz CT molecular complexity index is 1370. The Balaban J connectivity index is 1.36. The number of ether oxygens (including phenoxy) is 1. The van der Waals surface area contributed by atoms with Crippen molar-refractivity contribution < 1.29 is 22.7 Å². The Morgan fingerprint density at radius 2 is 1.76 bits per heavy atom. The normalized spacial score (nSPS) is 25.9. The number of hydrogen-bond donors (Lipinski definition) is 3. The van der Waals surface area contributed by atoms with Crippen molar-refractivity contribution in [1.29, 1.82) is 0 Å². The Morgan fingerprint density at radius 3 is 2.36 bits per heavy atom. The number of imidazole rings is 1. The second-order valence-electron chi connectivity index (χ2n) is 11.9. The van der Waals surface area contributed by atoms with Gasteiger partial charge in [0, 0.05) is 36.8 Å². The van der Waals surface area contributed by atoms with Gasteiger partial charge in [0.2, 0.25) is 15.9 Å². The molecule has 2 amide bonds. The monoisotopic (exact) mass is 620 g/mol. The number of benzene rings is 1. The lowest BCUT2D eigenvalue weighted by Crippen LogP contribution is -2.41. The zero-order valence-electron chi connectivity index (χ0n) is 24.2. The topological polar surface area (TPSA) is 151 Å². The third-order valence-electron chi connectivity index (χ3n) is 9.36. The summed E-state index contributed by atoms with van der Waals surface area (Å²) in [6.07, 6.45) is 6.65. The summed E-state index contributed by atoms with van der Waals surface area (Å²) in [5, 5.41) is 3.02. The summed E-state index contributed by atoms with van der Waals surface area (Å²) in [6.45, 7) is 2.32. The van der Waals surface area contributed by atoms with E-state index in [4.69, 9.17) is 22.3 Å². The molecular weight excluding hydrogens is 580 g/mol. The zero-order valence-corrected chi connectivity index (χ0v) is 25.8. The molecule has 3 fully saturated rings. The number of rotatable bonds is 7. The van der Waals surface area contributed by atoms with Crippen molar-refractivity contribution in [3.8, 4) is 11.3 Å². The molecule has 2 saturated heterocycles. The highest BCUT2D eigenvalue weighted by Crippen LogP contribution is 2.44. The molecule has 1 aliphatic carbocycles. The number of piperidine rings is 1. The highest BCUT2D eigenvalue weighted by molar-refractivity contribution is 7.88. The van der Waals surface area contributed by atoms with Crippen LogP contribution in [0, 0.1) is 23.7 Å². The van der Waals surface area contributed by atoms with Crippen LogP contribution in [0.15, 0.2) is 24.3 Å². The van der Waals surface area contributed by atoms with Crippen molar-refractivity contribution >= 4 is 39.3 Å². The molecular formula is C29H41ClN6O5S. The summed E-state index contributed by atoms with van der Waals surface area (Å²) < 4.78 is 30.3. The van der Waals surface area contributed by atoms with E-state index in [0.29, 0.717) is 60.4 Å². The van der Waals surface area contributed by atoms with Crippen molar-refractivity contribution in [2.45, 2.75) is 51.0 Å². The van der Waals surface area contributed by atoms with E-state index in [1.807, 2.05) is 17.0 Å². The van der Waals surface area contributed by atoms with Crippen LogP contribution < -0.4 is 11.1 Å². The number of amides is 2. The van der Waals surface area contributed by atoms with E-state index < -0.39 is 16.1 Å². The predicted molar refractivity (Wildman–Crippen MR) is 161 cm³/mol. The lowest BCUT2D eigenvalue weighted by molar-refractivity contribution is -0.138. The first kappa shape index (κ1) is 30.8. The number of hydrogen-bond acceptors (Lipinski definition) is 7. The van der Waals surface area contributed by atoms with Crippen LogP contribution in [0.3, 0.4) is 0 Å². The molecule has 2 atom stereocenters. The smallest absolute Gasteiger partial charge is 0.411 e. The molecule has 2 aliphatic heterocycles. The number of nitrogens with two attached hydrogens (primary N) is 1. The molecule has 0 spiro atoms. The van der Waals surface area contributed by atoms with Crippen molar-refractivity contribution in [3.63, 3.8) is 0 Å². The first-order chi connectivity index (χ1) is 20.1. The van der Waals surface area contributed by atoms with Crippen LogP contribution >= 0.6 is 11.6 Å². The van der Waals surface area contributed by atoms with Gasteiger partial charge in [-0.25, -0.2) is 22.5 Å². The fraction of sp³-hybridized carbons (Fsp3) is 0.621. The molecule has 13 heteroatoms. The van der Waals surface area contributed by atoms with Crippen LogP contribution in [0.5, 0.6) is 0 Å². The van der Waals surface area contributed by atoms with Crippen molar-refractivity contribution in [1.82, 2.24) is 19.2 Å². The van der Waals surface area contributed by atoms with Crippen molar-refractivity contribution in [2.75, 3.05) is 44.9 Å². The number of sulfonamides is 1. The SMILES string of the molecule is COC(=O)Nc1ccc(-c2nc([C@@H]3CC(C4CCN(S(C)(=O)=O)CC4)CN3C(=O)C3CCC(CN)CC3)[nH]c2Cl)cc1. The maximum absolute atomic E-state index is 14.0. The fourth-order valence-electron chi connectivity index (χ4n) is 6.87. The standard InChI is InChI=1S/C29H41ClN6O5S/c1-41-29(38)32-23-9-7-20(8-10-23)25-26(30)34-27(33-25)24-15-22(19-11-13-35(14-12-19)42(2,39)40)17-36(24)28(37)21-5-3-18(16-31)4-6-21/h7-10,18-19,21-22,24H,3-6,11-17,31H2,1-2H3,(H,32,38)(H,33,34)/t18?,21?,22?,24-/m0/s1. The molecule has 1 saturated carbocycles. The number of carbonyl (C=O) groups is 2. The van der Waals surface area contributed by atoms with Gasteiger partial charge in [-0.1, -0.05) is 23.7 Å². The van der Waals surface area contributed by atoms with Gasteiger partial charge < -0.3 is 20.4 Å². The third kappa shape index (κ3) is 6.77. The maximum Gasteiger partial charge on any atom is 0.411 e. The van der Waals surface area contributed by atoms with Gasteiger partial charge in [-0.3, -0.25) is 10.1 Å².